The Balaban J connectivity index is 0.00000676. The summed E-state index contributed by atoms with van der Waals surface area (Å²) >= 11 is 0. The molecule has 0 aliphatic heterocycles. The summed E-state index contributed by atoms with van der Waals surface area (Å²) < 4.78 is 0. The first-order chi connectivity index (χ1) is 11.9. The van der Waals surface area contributed by atoms with Crippen molar-refractivity contribution in [3.8, 4) is 0 Å². The van der Waals surface area contributed by atoms with Gasteiger partial charge in [-0.1, -0.05) is 48.0 Å². The zero-order chi connectivity index (χ0) is 20.2. The predicted molar refractivity (Wildman–Crippen MR) is 98.5 cm³/mol. The molecule has 1 N–H and O–H groups in total. The molecule has 0 aromatic heterocycles. The summed E-state index contributed by atoms with van der Waals surface area (Å²) in [4.78, 5) is 38.0. The van der Waals surface area contributed by atoms with E-state index >= 15 is 0 Å². The maximum atomic E-state index is 13.5. The Labute approximate surface area is 205 Å². The quantitative estimate of drug-likeness (QED) is 0.413. The van der Waals surface area contributed by atoms with E-state index in [0.29, 0.717) is 12.8 Å². The summed E-state index contributed by atoms with van der Waals surface area (Å²) in [6, 6.07) is 0. The van der Waals surface area contributed by atoms with Crippen LogP contribution in [0, 0.1) is 23.7 Å². The molecule has 0 amide bonds. The molecule has 2 unspecified atom stereocenters. The van der Waals surface area contributed by atoms with Gasteiger partial charge in [0.1, 0.15) is 11.5 Å². The minimum Gasteiger partial charge on any atom is -0.838 e. The van der Waals surface area contributed by atoms with Crippen molar-refractivity contribution >= 4 is 17.3 Å². The fourth-order valence-electron chi connectivity index (χ4n) is 3.33. The van der Waals surface area contributed by atoms with Crippen LogP contribution in [-0.2, 0) is 14.4 Å². The van der Waals surface area contributed by atoms with Gasteiger partial charge in [0.05, 0.1) is 5.57 Å². The topological polar surface area (TPSA) is 94.5 Å². The Morgan fingerprint density at radius 3 is 2.00 bits per heavy atom. The third kappa shape index (κ3) is 6.58. The van der Waals surface area contributed by atoms with E-state index in [1.54, 1.807) is 0 Å². The first kappa shape index (κ1) is 27.1. The molecular formula is C21H33KO5. The molecule has 0 radical (unpaired) electrons. The van der Waals surface area contributed by atoms with Gasteiger partial charge in [0.2, 0.25) is 0 Å². The molecule has 1 aliphatic rings. The van der Waals surface area contributed by atoms with Gasteiger partial charge in [0.15, 0.2) is 11.6 Å². The molecule has 27 heavy (non-hydrogen) atoms. The van der Waals surface area contributed by atoms with Crippen LogP contribution in [0.25, 0.3) is 0 Å². The minimum absolute atomic E-state index is 0. The second-order valence-electron chi connectivity index (χ2n) is 8.72. The van der Waals surface area contributed by atoms with Crippen LogP contribution in [0.2, 0.25) is 0 Å². The maximum Gasteiger partial charge on any atom is 1.00 e. The molecule has 0 spiro atoms. The molecule has 5 nitrogen and oxygen atoms in total. The number of Topliss-reactive ketones (excluding diaryl/α,β-unsaturated/α-hetero) is 3. The number of hydrogen-bond acceptors (Lipinski definition) is 5. The van der Waals surface area contributed by atoms with Crippen LogP contribution in [0.4, 0.5) is 0 Å². The van der Waals surface area contributed by atoms with E-state index in [9.17, 15) is 24.6 Å². The third-order valence-corrected chi connectivity index (χ3v) is 4.91. The van der Waals surface area contributed by atoms with Crippen molar-refractivity contribution in [3.63, 3.8) is 0 Å². The van der Waals surface area contributed by atoms with Gasteiger partial charge in [-0.3, -0.25) is 9.59 Å². The van der Waals surface area contributed by atoms with Crippen molar-refractivity contribution in [2.75, 3.05) is 0 Å². The van der Waals surface area contributed by atoms with Crippen LogP contribution in [-0.4, -0.2) is 28.1 Å². The Bertz CT molecular complexity index is 591. The SMILES string of the molecule is CC(C)CCC(=O)C1([O-])C(O)=C(C(=O)CC(C)C)C(=O)C1CCC(C)C.[K+]. The van der Waals surface area contributed by atoms with Gasteiger partial charge in [-0.15, -0.1) is 0 Å². The number of ketones is 3. The molecule has 0 aromatic carbocycles. The minimum atomic E-state index is -2.51. The molecule has 0 saturated heterocycles. The summed E-state index contributed by atoms with van der Waals surface area (Å²) in [7, 11) is 0. The summed E-state index contributed by atoms with van der Waals surface area (Å²) in [5.74, 6) is -3.43. The average molecular weight is 405 g/mol. The molecule has 0 fully saturated rings. The number of hydrogen-bond donors (Lipinski definition) is 1. The summed E-state index contributed by atoms with van der Waals surface area (Å²) in [5, 5.41) is 24.0. The second kappa shape index (κ2) is 11.4. The van der Waals surface area contributed by atoms with E-state index in [1.165, 1.54) is 0 Å². The third-order valence-electron chi connectivity index (χ3n) is 4.91. The Kier molecular flexibility index (Phi) is 11.4. The van der Waals surface area contributed by atoms with Crippen molar-refractivity contribution in [1.82, 2.24) is 0 Å². The molecule has 1 aliphatic carbocycles. The van der Waals surface area contributed by atoms with Gasteiger partial charge in [-0.25, -0.2) is 0 Å². The zero-order valence-corrected chi connectivity index (χ0v) is 21.0. The van der Waals surface area contributed by atoms with Gasteiger partial charge in [-0.05, 0) is 30.6 Å². The molecule has 2 atom stereocenters. The number of aliphatic hydroxyl groups excluding tert-OH is 1. The largest absolute Gasteiger partial charge is 1.00 e. The molecule has 148 valence electrons. The fraction of sp³-hybridized carbons (Fsp3) is 0.762. The summed E-state index contributed by atoms with van der Waals surface area (Å²) in [5.41, 5.74) is -2.94. The van der Waals surface area contributed by atoms with Gasteiger partial charge in [-0.2, -0.15) is 0 Å². The standard InChI is InChI=1S/C21H33O5.K/c1-12(2)7-9-15-19(24)18(16(22)11-14(5)6)20(25)21(15,26)17(23)10-8-13(3)4;/h12-15,25H,7-11H2,1-6H3;/q-1;+1. The van der Waals surface area contributed by atoms with Gasteiger partial charge < -0.3 is 15.0 Å². The zero-order valence-electron chi connectivity index (χ0n) is 17.9. The van der Waals surface area contributed by atoms with Crippen LogP contribution in [0.1, 0.15) is 73.6 Å². The van der Waals surface area contributed by atoms with Crippen LogP contribution < -0.4 is 56.5 Å². The Hall–Kier alpha value is 0.146. The van der Waals surface area contributed by atoms with Gasteiger partial charge in [0, 0.05) is 24.4 Å². The van der Waals surface area contributed by atoms with Crippen molar-refractivity contribution < 1.29 is 76.0 Å². The molecule has 0 aromatic rings. The van der Waals surface area contributed by atoms with E-state index in [2.05, 4.69) is 0 Å². The average Bonchev–Trinajstić information content (AvgIpc) is 2.69. The van der Waals surface area contributed by atoms with E-state index in [1.807, 2.05) is 41.5 Å². The van der Waals surface area contributed by atoms with Gasteiger partial charge in [0.25, 0.3) is 0 Å². The summed E-state index contributed by atoms with van der Waals surface area (Å²) in [6.07, 6.45) is 1.36. The molecule has 6 heteroatoms. The number of carbonyl (C=O) groups is 3. The van der Waals surface area contributed by atoms with Crippen molar-refractivity contribution in [3.05, 3.63) is 11.3 Å². The monoisotopic (exact) mass is 404 g/mol. The summed E-state index contributed by atoms with van der Waals surface area (Å²) in [6.45, 7) is 11.4. The Morgan fingerprint density at radius 2 is 1.56 bits per heavy atom. The van der Waals surface area contributed by atoms with Crippen molar-refractivity contribution in [2.45, 2.75) is 79.2 Å². The van der Waals surface area contributed by atoms with Crippen molar-refractivity contribution in [1.29, 1.82) is 0 Å². The number of aliphatic hydroxyl groups is 1. The molecule has 0 bridgehead atoms. The number of allylic oxidation sites excluding steroid dienone is 1. The predicted octanol–water partition coefficient (Wildman–Crippen LogP) is 0.157. The molecule has 1 rings (SSSR count). The van der Waals surface area contributed by atoms with E-state index in [-0.39, 0.29) is 88.4 Å². The van der Waals surface area contributed by atoms with E-state index in [0.717, 1.165) is 0 Å². The fourth-order valence-corrected chi connectivity index (χ4v) is 3.33. The van der Waals surface area contributed by atoms with Crippen LogP contribution >= 0.6 is 0 Å². The van der Waals surface area contributed by atoms with E-state index in [4.69, 9.17) is 0 Å². The molecule has 0 saturated carbocycles. The first-order valence-corrected chi connectivity index (χ1v) is 9.67. The van der Waals surface area contributed by atoms with Crippen LogP contribution in [0.15, 0.2) is 11.3 Å². The molecular weight excluding hydrogens is 371 g/mol. The van der Waals surface area contributed by atoms with Crippen LogP contribution in [0.5, 0.6) is 0 Å². The smallest absolute Gasteiger partial charge is 0.838 e. The number of rotatable bonds is 10. The first-order valence-electron chi connectivity index (χ1n) is 9.67. The molecule has 0 heterocycles. The number of carbonyl (C=O) groups excluding carboxylic acids is 3. The Morgan fingerprint density at radius 1 is 1.04 bits per heavy atom. The van der Waals surface area contributed by atoms with Crippen LogP contribution in [0.3, 0.4) is 0 Å². The maximum absolute atomic E-state index is 13.5. The van der Waals surface area contributed by atoms with E-state index < -0.39 is 40.2 Å². The van der Waals surface area contributed by atoms with Gasteiger partial charge >= 0.3 is 51.4 Å². The normalized spacial score (nSPS) is 22.7. The van der Waals surface area contributed by atoms with Crippen molar-refractivity contribution in [2.24, 2.45) is 23.7 Å². The second-order valence-corrected chi connectivity index (χ2v) is 8.72.